The number of nitrogens with zero attached hydrogens (tertiary/aromatic N) is 2. The third-order valence-corrected chi connectivity index (χ3v) is 7.28. The lowest BCUT2D eigenvalue weighted by molar-refractivity contribution is -0.120. The summed E-state index contributed by atoms with van der Waals surface area (Å²) in [6.07, 6.45) is 3.95. The molecule has 9 heteroatoms. The highest BCUT2D eigenvalue weighted by Gasteiger charge is 2.27. The van der Waals surface area contributed by atoms with Crippen LogP contribution in [0.15, 0.2) is 30.3 Å². The first kappa shape index (κ1) is 23.4. The van der Waals surface area contributed by atoms with Gasteiger partial charge < -0.3 is 15.4 Å². The van der Waals surface area contributed by atoms with Crippen molar-refractivity contribution in [3.63, 3.8) is 0 Å². The summed E-state index contributed by atoms with van der Waals surface area (Å²) in [7, 11) is 1.38. The van der Waals surface area contributed by atoms with Crippen molar-refractivity contribution in [2.45, 2.75) is 25.7 Å². The molecule has 4 rings (SSSR count). The molecule has 2 heterocycles. The van der Waals surface area contributed by atoms with Gasteiger partial charge in [-0.1, -0.05) is 18.2 Å². The van der Waals surface area contributed by atoms with Gasteiger partial charge in [-0.15, -0.1) is 11.3 Å². The summed E-state index contributed by atoms with van der Waals surface area (Å²) in [6, 6.07) is 9.42. The van der Waals surface area contributed by atoms with Crippen LogP contribution in [0.2, 0.25) is 0 Å². The molecule has 0 atom stereocenters. The van der Waals surface area contributed by atoms with Crippen molar-refractivity contribution in [2.75, 3.05) is 57.0 Å². The van der Waals surface area contributed by atoms with Crippen LogP contribution in [-0.2, 0) is 27.2 Å². The van der Waals surface area contributed by atoms with E-state index in [9.17, 15) is 14.4 Å². The monoisotopic (exact) mass is 470 g/mol. The average molecular weight is 471 g/mol. The maximum Gasteiger partial charge on any atom is 0.341 e. The molecular formula is C24H30N4O4S. The van der Waals surface area contributed by atoms with Crippen LogP contribution in [0.1, 0.15) is 33.6 Å². The highest BCUT2D eigenvalue weighted by atomic mass is 32.1. The number of esters is 1. The number of hydrogen-bond acceptors (Lipinski definition) is 7. The van der Waals surface area contributed by atoms with E-state index in [0.717, 1.165) is 50.0 Å². The lowest BCUT2D eigenvalue weighted by Gasteiger charge is -2.33. The molecule has 33 heavy (non-hydrogen) atoms. The number of nitrogens with one attached hydrogen (secondary N) is 2. The molecule has 1 aliphatic heterocycles. The van der Waals surface area contributed by atoms with Gasteiger partial charge in [0.25, 0.3) is 0 Å². The molecule has 0 saturated carbocycles. The summed E-state index contributed by atoms with van der Waals surface area (Å²) < 4.78 is 4.98. The highest BCUT2D eigenvalue weighted by Crippen LogP contribution is 2.38. The number of ether oxygens (including phenoxy) is 1. The SMILES string of the molecule is COC(=O)c1c(NC(=O)CN2CCN(CC(=O)Nc3ccccc3)CC2)sc2c1CCCC2. The van der Waals surface area contributed by atoms with E-state index in [1.165, 1.54) is 23.3 Å². The van der Waals surface area contributed by atoms with Gasteiger partial charge in [-0.3, -0.25) is 19.4 Å². The molecule has 8 nitrogen and oxygen atoms in total. The highest BCUT2D eigenvalue weighted by molar-refractivity contribution is 7.17. The first-order valence-corrected chi connectivity index (χ1v) is 12.2. The Hall–Kier alpha value is -2.75. The maximum atomic E-state index is 12.7. The van der Waals surface area contributed by atoms with Crippen LogP contribution in [0, 0.1) is 0 Å². The van der Waals surface area contributed by atoms with Crippen molar-refractivity contribution in [1.29, 1.82) is 0 Å². The Morgan fingerprint density at radius 1 is 0.909 bits per heavy atom. The third kappa shape index (κ3) is 5.98. The summed E-state index contributed by atoms with van der Waals surface area (Å²) in [5.74, 6) is -0.550. The topological polar surface area (TPSA) is 91.0 Å². The van der Waals surface area contributed by atoms with Crippen LogP contribution in [-0.4, -0.2) is 74.0 Å². The smallest absolute Gasteiger partial charge is 0.341 e. The standard InChI is InChI=1S/C24H30N4O4S/c1-32-24(31)22-18-9-5-6-10-19(18)33-23(22)26-21(30)16-28-13-11-27(12-14-28)15-20(29)25-17-7-3-2-4-8-17/h2-4,7-8H,5-6,9-16H2,1H3,(H,25,29)(H,26,30). The van der Waals surface area contributed by atoms with Crippen molar-refractivity contribution in [1.82, 2.24) is 9.80 Å². The minimum absolute atomic E-state index is 0.0376. The van der Waals surface area contributed by atoms with Crippen molar-refractivity contribution in [3.8, 4) is 0 Å². The van der Waals surface area contributed by atoms with Gasteiger partial charge in [-0.25, -0.2) is 4.79 Å². The Bertz CT molecular complexity index is 999. The second-order valence-corrected chi connectivity index (χ2v) is 9.53. The second-order valence-electron chi connectivity index (χ2n) is 8.42. The molecule has 1 aromatic heterocycles. The van der Waals surface area contributed by atoms with E-state index in [2.05, 4.69) is 20.4 Å². The van der Waals surface area contributed by atoms with E-state index in [0.29, 0.717) is 30.2 Å². The van der Waals surface area contributed by atoms with Crippen LogP contribution in [0.4, 0.5) is 10.7 Å². The van der Waals surface area contributed by atoms with Crippen LogP contribution < -0.4 is 10.6 Å². The fraction of sp³-hybridized carbons (Fsp3) is 0.458. The molecule has 176 valence electrons. The number of piperazine rings is 1. The largest absolute Gasteiger partial charge is 0.465 e. The lowest BCUT2D eigenvalue weighted by atomic mass is 9.95. The van der Waals surface area contributed by atoms with Crippen molar-refractivity contribution in [3.05, 3.63) is 46.3 Å². The van der Waals surface area contributed by atoms with Crippen LogP contribution in [0.5, 0.6) is 0 Å². The van der Waals surface area contributed by atoms with Crippen LogP contribution in [0.25, 0.3) is 0 Å². The number of aryl methyl sites for hydroxylation is 1. The lowest BCUT2D eigenvalue weighted by Crippen LogP contribution is -2.50. The van der Waals surface area contributed by atoms with Gasteiger partial charge in [0.1, 0.15) is 5.00 Å². The van der Waals surface area contributed by atoms with E-state index >= 15 is 0 Å². The summed E-state index contributed by atoms with van der Waals surface area (Å²) in [5.41, 5.74) is 2.36. The molecule has 1 aliphatic carbocycles. The molecular weight excluding hydrogens is 440 g/mol. The third-order valence-electron chi connectivity index (χ3n) is 6.07. The molecule has 1 saturated heterocycles. The number of methoxy groups -OCH3 is 1. The number of amides is 2. The van der Waals surface area contributed by atoms with Crippen molar-refractivity contribution in [2.24, 2.45) is 0 Å². The fourth-order valence-electron chi connectivity index (χ4n) is 4.37. The number of carbonyl (C=O) groups excluding carboxylic acids is 3. The van der Waals surface area contributed by atoms with Crippen LogP contribution >= 0.6 is 11.3 Å². The number of rotatable bonds is 7. The van der Waals surface area contributed by atoms with E-state index in [4.69, 9.17) is 4.74 Å². The Labute approximate surface area is 197 Å². The zero-order valence-corrected chi connectivity index (χ0v) is 19.7. The van der Waals surface area contributed by atoms with E-state index < -0.39 is 0 Å². The van der Waals surface area contributed by atoms with Gasteiger partial charge in [0, 0.05) is 36.7 Å². The first-order valence-electron chi connectivity index (χ1n) is 11.4. The zero-order chi connectivity index (χ0) is 23.2. The minimum Gasteiger partial charge on any atom is -0.465 e. The molecule has 0 bridgehead atoms. The molecule has 0 unspecified atom stereocenters. The number of fused-ring (bicyclic) bond motifs is 1. The number of para-hydroxylation sites is 1. The summed E-state index contributed by atoms with van der Waals surface area (Å²) in [5, 5.41) is 6.47. The van der Waals surface area contributed by atoms with E-state index in [1.807, 2.05) is 30.3 Å². The maximum absolute atomic E-state index is 12.7. The van der Waals surface area contributed by atoms with Crippen molar-refractivity contribution >= 4 is 39.8 Å². The number of carbonyl (C=O) groups is 3. The van der Waals surface area contributed by atoms with Gasteiger partial charge >= 0.3 is 5.97 Å². The summed E-state index contributed by atoms with van der Waals surface area (Å²) >= 11 is 1.50. The molecule has 2 N–H and O–H groups in total. The number of thiophene rings is 1. The second kappa shape index (κ2) is 10.9. The predicted octanol–water partition coefficient (Wildman–Crippen LogP) is 2.61. The molecule has 0 radical (unpaired) electrons. The summed E-state index contributed by atoms with van der Waals surface area (Å²) in [6.45, 7) is 3.44. The Balaban J connectivity index is 1.26. The molecule has 2 aliphatic rings. The minimum atomic E-state index is -0.382. The normalized spacial score (nSPS) is 16.6. The van der Waals surface area contributed by atoms with Crippen molar-refractivity contribution < 1.29 is 19.1 Å². The number of benzene rings is 1. The average Bonchev–Trinajstić information content (AvgIpc) is 3.18. The van der Waals surface area contributed by atoms with Crippen LogP contribution in [0.3, 0.4) is 0 Å². The first-order chi connectivity index (χ1) is 16.0. The Morgan fingerprint density at radius 2 is 1.52 bits per heavy atom. The zero-order valence-electron chi connectivity index (χ0n) is 18.9. The molecule has 2 amide bonds. The molecule has 2 aromatic rings. The molecule has 1 aromatic carbocycles. The van der Waals surface area contributed by atoms with Gasteiger partial charge in [-0.05, 0) is 43.4 Å². The van der Waals surface area contributed by atoms with Gasteiger partial charge in [-0.2, -0.15) is 0 Å². The van der Waals surface area contributed by atoms with Gasteiger partial charge in [0.05, 0.1) is 25.8 Å². The number of hydrogen-bond donors (Lipinski definition) is 2. The fourth-order valence-corrected chi connectivity index (χ4v) is 5.67. The molecule has 0 spiro atoms. The van der Waals surface area contributed by atoms with Gasteiger partial charge in [0.2, 0.25) is 11.8 Å². The van der Waals surface area contributed by atoms with Gasteiger partial charge in [0.15, 0.2) is 0 Å². The number of anilines is 2. The summed E-state index contributed by atoms with van der Waals surface area (Å²) in [4.78, 5) is 42.7. The van der Waals surface area contributed by atoms with E-state index in [1.54, 1.807) is 0 Å². The quantitative estimate of drug-likeness (QED) is 0.605. The molecule has 1 fully saturated rings. The Morgan fingerprint density at radius 3 is 2.15 bits per heavy atom. The van der Waals surface area contributed by atoms with E-state index in [-0.39, 0.29) is 24.3 Å². The Kier molecular flexibility index (Phi) is 7.74. The predicted molar refractivity (Wildman–Crippen MR) is 129 cm³/mol.